The lowest BCUT2D eigenvalue weighted by Crippen LogP contribution is -2.35. The zero-order chi connectivity index (χ0) is 24.0. The van der Waals surface area contributed by atoms with E-state index in [-0.39, 0.29) is 5.75 Å². The Balaban J connectivity index is 1.40. The van der Waals surface area contributed by atoms with Crippen molar-refractivity contribution < 1.29 is 5.11 Å². The molecule has 1 unspecified atom stereocenters. The van der Waals surface area contributed by atoms with Crippen LogP contribution in [0.5, 0.6) is 5.75 Å². The zero-order valence-electron chi connectivity index (χ0n) is 20.6. The highest BCUT2D eigenvalue weighted by Crippen LogP contribution is 2.32. The number of nitrogens with zero attached hydrogens (tertiary/aromatic N) is 4. The van der Waals surface area contributed by atoms with Crippen molar-refractivity contribution in [3.63, 3.8) is 0 Å². The predicted octanol–water partition coefficient (Wildman–Crippen LogP) is 5.50. The van der Waals surface area contributed by atoms with Gasteiger partial charge in [-0.3, -0.25) is 4.90 Å². The minimum Gasteiger partial charge on any atom is -0.507 e. The van der Waals surface area contributed by atoms with E-state index in [2.05, 4.69) is 27.8 Å². The lowest BCUT2D eigenvalue weighted by molar-refractivity contribution is 0.277. The molecule has 3 aromatic rings. The molecule has 2 aromatic carbocycles. The number of benzene rings is 2. The molecule has 0 bridgehead atoms. The third-order valence-electron chi connectivity index (χ3n) is 7.37. The van der Waals surface area contributed by atoms with Gasteiger partial charge >= 0.3 is 0 Å². The molecule has 186 valence electrons. The minimum absolute atomic E-state index is 0.261. The predicted molar refractivity (Wildman–Crippen MR) is 143 cm³/mol. The highest BCUT2D eigenvalue weighted by Gasteiger charge is 2.23. The Morgan fingerprint density at radius 2 is 1.60 bits per heavy atom. The summed E-state index contributed by atoms with van der Waals surface area (Å²) in [4.78, 5) is 16.7. The summed E-state index contributed by atoms with van der Waals surface area (Å²) in [7, 11) is 0. The summed E-state index contributed by atoms with van der Waals surface area (Å²) in [6.45, 7) is 5.27. The molecule has 8 heteroatoms. The number of likely N-dealkylation sites (N-methyl/N-ethyl adjacent to an activating group) is 1. The lowest BCUT2D eigenvalue weighted by Gasteiger charge is -2.23. The number of aromatic hydroxyl groups is 1. The number of phenolic OH excluding ortho intramolecular Hbond substituents is 1. The maximum atomic E-state index is 10.3. The van der Waals surface area contributed by atoms with Gasteiger partial charge in [0.05, 0.1) is 0 Å². The van der Waals surface area contributed by atoms with Gasteiger partial charge < -0.3 is 21.1 Å². The van der Waals surface area contributed by atoms with Gasteiger partial charge in [0, 0.05) is 35.1 Å². The van der Waals surface area contributed by atoms with Crippen molar-refractivity contribution >= 4 is 34.3 Å². The fraction of sp³-hybridized carbons (Fsp3) is 0.519. The topological polar surface area (TPSA) is 98.2 Å². The van der Waals surface area contributed by atoms with Crippen molar-refractivity contribution in [1.82, 2.24) is 19.9 Å². The van der Waals surface area contributed by atoms with Crippen molar-refractivity contribution in [3.8, 4) is 5.75 Å². The van der Waals surface area contributed by atoms with Crippen LogP contribution in [0.15, 0.2) is 36.4 Å². The molecule has 1 aromatic heterocycles. The molecule has 1 atom stereocenters. The van der Waals surface area contributed by atoms with Crippen molar-refractivity contribution in [2.75, 3.05) is 35.6 Å². The Hall–Kier alpha value is -3.13. The summed E-state index contributed by atoms with van der Waals surface area (Å²) in [6.07, 6.45) is 9.83. The summed E-state index contributed by atoms with van der Waals surface area (Å²) in [5, 5.41) is 22.5. The van der Waals surface area contributed by atoms with Gasteiger partial charge in [0.15, 0.2) is 0 Å². The second kappa shape index (κ2) is 11.1. The smallest absolute Gasteiger partial charge is 0.233 e. The largest absolute Gasteiger partial charge is 0.507 e. The molecule has 2 fully saturated rings. The molecule has 8 nitrogen and oxygen atoms in total. The maximum absolute atomic E-state index is 10.3. The first-order chi connectivity index (χ1) is 17.2. The Morgan fingerprint density at radius 3 is 2.40 bits per heavy atom. The molecular weight excluding hydrogens is 438 g/mol. The van der Waals surface area contributed by atoms with E-state index in [1.165, 1.54) is 38.5 Å². The van der Waals surface area contributed by atoms with Crippen molar-refractivity contribution in [1.29, 1.82) is 0 Å². The standard InChI is InChI=1S/C27H37N7O/c1-2-34-17-9-12-20(34)18-28-25-31-26(29-19-10-5-3-4-6-11-19)33-27(32-25)30-23-15-16-24(35)22-14-8-7-13-21(22)23/h7-8,13-16,19-20,35H,2-6,9-12,17-18H2,1H3,(H3,28,29,30,31,32,33). The number of anilines is 4. The summed E-state index contributed by atoms with van der Waals surface area (Å²) >= 11 is 0. The van der Waals surface area contributed by atoms with Crippen LogP contribution >= 0.6 is 0 Å². The third-order valence-corrected chi connectivity index (χ3v) is 7.37. The SMILES string of the molecule is CCN1CCCC1CNc1nc(Nc2ccc(O)c3ccccc23)nc(NC2CCCCCC2)n1. The molecule has 0 amide bonds. The Morgan fingerprint density at radius 1 is 0.857 bits per heavy atom. The summed E-state index contributed by atoms with van der Waals surface area (Å²) in [5.74, 6) is 1.95. The quantitative estimate of drug-likeness (QED) is 0.250. The van der Waals surface area contributed by atoms with E-state index in [4.69, 9.17) is 15.0 Å². The molecule has 1 saturated heterocycles. The molecule has 4 N–H and O–H groups in total. The summed E-state index contributed by atoms with van der Waals surface area (Å²) < 4.78 is 0. The molecule has 2 heterocycles. The number of phenols is 1. The van der Waals surface area contributed by atoms with Gasteiger partial charge in [-0.2, -0.15) is 15.0 Å². The number of rotatable bonds is 8. The highest BCUT2D eigenvalue weighted by molar-refractivity contribution is 5.98. The lowest BCUT2D eigenvalue weighted by atomic mass is 10.1. The van der Waals surface area contributed by atoms with Crippen LogP contribution in [0.25, 0.3) is 10.8 Å². The highest BCUT2D eigenvalue weighted by atomic mass is 16.3. The second-order valence-electron chi connectivity index (χ2n) is 9.75. The molecule has 35 heavy (non-hydrogen) atoms. The fourth-order valence-electron chi connectivity index (χ4n) is 5.45. The molecule has 1 aliphatic heterocycles. The van der Waals surface area contributed by atoms with Crippen molar-refractivity contribution in [2.45, 2.75) is 70.4 Å². The molecule has 1 saturated carbocycles. The van der Waals surface area contributed by atoms with Crippen molar-refractivity contribution in [3.05, 3.63) is 36.4 Å². The summed E-state index contributed by atoms with van der Waals surface area (Å²) in [5.41, 5.74) is 0.851. The summed E-state index contributed by atoms with van der Waals surface area (Å²) in [6, 6.07) is 12.3. The van der Waals surface area contributed by atoms with E-state index < -0.39 is 0 Å². The second-order valence-corrected chi connectivity index (χ2v) is 9.75. The Labute approximate surface area is 207 Å². The molecule has 0 radical (unpaired) electrons. The van der Waals surface area contributed by atoms with Crippen LogP contribution < -0.4 is 16.0 Å². The average molecular weight is 476 g/mol. The number of aromatic nitrogens is 3. The number of nitrogens with one attached hydrogen (secondary N) is 3. The van der Waals surface area contributed by atoms with Crippen molar-refractivity contribution in [2.24, 2.45) is 0 Å². The van der Waals surface area contributed by atoms with Gasteiger partial charge in [0.1, 0.15) is 5.75 Å². The van der Waals surface area contributed by atoms with E-state index in [0.29, 0.717) is 29.9 Å². The number of hydrogen-bond acceptors (Lipinski definition) is 8. The van der Waals surface area contributed by atoms with Crippen LogP contribution in [0.1, 0.15) is 58.3 Å². The monoisotopic (exact) mass is 475 g/mol. The Kier molecular flexibility index (Phi) is 7.47. The van der Waals surface area contributed by atoms with Gasteiger partial charge in [-0.25, -0.2) is 0 Å². The molecular formula is C27H37N7O. The molecule has 5 rings (SSSR count). The number of fused-ring (bicyclic) bond motifs is 1. The van der Waals surface area contributed by atoms with Gasteiger partial charge in [0.2, 0.25) is 17.8 Å². The van der Waals surface area contributed by atoms with E-state index >= 15 is 0 Å². The van der Waals surface area contributed by atoms with E-state index in [1.807, 2.05) is 30.3 Å². The normalized spacial score (nSPS) is 19.5. The van der Waals surface area contributed by atoms with E-state index in [1.54, 1.807) is 6.07 Å². The first kappa shape index (κ1) is 23.6. The number of likely N-dealkylation sites (tertiary alicyclic amines) is 1. The first-order valence-corrected chi connectivity index (χ1v) is 13.2. The van der Waals surface area contributed by atoms with Gasteiger partial charge in [0.25, 0.3) is 0 Å². The molecule has 1 aliphatic carbocycles. The van der Waals surface area contributed by atoms with Crippen LogP contribution in [-0.2, 0) is 0 Å². The van der Waals surface area contributed by atoms with Gasteiger partial charge in [-0.05, 0) is 50.9 Å². The third kappa shape index (κ3) is 5.75. The number of hydrogen-bond donors (Lipinski definition) is 4. The average Bonchev–Trinajstić information content (AvgIpc) is 3.19. The van der Waals surface area contributed by atoms with Crippen LogP contribution in [0.3, 0.4) is 0 Å². The van der Waals surface area contributed by atoms with Crippen LogP contribution in [0, 0.1) is 0 Å². The molecule has 0 spiro atoms. The van der Waals surface area contributed by atoms with Crippen LogP contribution in [0.2, 0.25) is 0 Å². The molecule has 2 aliphatic rings. The Bertz CT molecular complexity index is 1130. The zero-order valence-corrected chi connectivity index (χ0v) is 20.6. The van der Waals surface area contributed by atoms with Gasteiger partial charge in [-0.1, -0.05) is 56.9 Å². The first-order valence-electron chi connectivity index (χ1n) is 13.2. The van der Waals surface area contributed by atoms with Crippen LogP contribution in [0.4, 0.5) is 23.5 Å². The van der Waals surface area contributed by atoms with Gasteiger partial charge in [-0.15, -0.1) is 0 Å². The van der Waals surface area contributed by atoms with E-state index in [9.17, 15) is 5.11 Å². The maximum Gasteiger partial charge on any atom is 0.233 e. The minimum atomic E-state index is 0.261. The van der Waals surface area contributed by atoms with E-state index in [0.717, 1.165) is 48.9 Å². The van der Waals surface area contributed by atoms with Crippen LogP contribution in [-0.4, -0.2) is 56.7 Å². The fourth-order valence-corrected chi connectivity index (χ4v) is 5.45.